The average molecular weight is 345 g/mol. The van der Waals surface area contributed by atoms with Crippen molar-refractivity contribution in [3.05, 3.63) is 47.0 Å². The van der Waals surface area contributed by atoms with Crippen LogP contribution in [0, 0.1) is 5.92 Å². The van der Waals surface area contributed by atoms with Crippen LogP contribution in [0.2, 0.25) is 5.02 Å². The van der Waals surface area contributed by atoms with Gasteiger partial charge in [-0.05, 0) is 42.9 Å². The lowest BCUT2D eigenvalue weighted by Gasteiger charge is -2.31. The van der Waals surface area contributed by atoms with Crippen LogP contribution >= 0.6 is 11.6 Å². The van der Waals surface area contributed by atoms with Gasteiger partial charge < -0.3 is 9.47 Å². The normalized spacial score (nSPS) is 24.2. The molecule has 5 nitrogen and oxygen atoms in total. The van der Waals surface area contributed by atoms with Gasteiger partial charge in [0.1, 0.15) is 12.2 Å². The van der Waals surface area contributed by atoms with Gasteiger partial charge in [-0.25, -0.2) is 0 Å². The van der Waals surface area contributed by atoms with E-state index in [0.29, 0.717) is 17.7 Å². The Morgan fingerprint density at radius 2 is 2.08 bits per heavy atom. The summed E-state index contributed by atoms with van der Waals surface area (Å²) in [4.78, 5) is 14.8. The molecule has 2 atom stereocenters. The summed E-state index contributed by atoms with van der Waals surface area (Å²) in [6.07, 6.45) is 4.62. The number of rotatable bonds is 3. The number of hydrogen-bond acceptors (Lipinski definition) is 3. The number of likely N-dealkylation sites (tertiary alicyclic amines) is 1. The molecule has 4 rings (SSSR count). The molecule has 2 heterocycles. The standard InChI is InChI=1S/C18H21ClN4O/c1-22-11-20-21-17(22)12-5-7-23(8-6-12)18(24)16-10-15(16)13-3-2-4-14(19)9-13/h2-4,9,11-12,15-16H,5-8,10H2,1H3/t15-,16-/m0/s1. The van der Waals surface area contributed by atoms with Gasteiger partial charge in [0.15, 0.2) is 0 Å². The van der Waals surface area contributed by atoms with Gasteiger partial charge in [-0.1, -0.05) is 23.7 Å². The second kappa shape index (κ2) is 6.20. The van der Waals surface area contributed by atoms with Crippen molar-refractivity contribution in [2.24, 2.45) is 13.0 Å². The minimum Gasteiger partial charge on any atom is -0.342 e. The van der Waals surface area contributed by atoms with Gasteiger partial charge in [-0.2, -0.15) is 0 Å². The zero-order chi connectivity index (χ0) is 16.7. The van der Waals surface area contributed by atoms with Gasteiger partial charge in [0, 0.05) is 37.0 Å². The van der Waals surface area contributed by atoms with Crippen LogP contribution in [0.4, 0.5) is 0 Å². The van der Waals surface area contributed by atoms with E-state index in [-0.39, 0.29) is 5.92 Å². The molecule has 126 valence electrons. The van der Waals surface area contributed by atoms with E-state index in [4.69, 9.17) is 11.6 Å². The Morgan fingerprint density at radius 1 is 1.29 bits per heavy atom. The number of carbonyl (C=O) groups is 1. The van der Waals surface area contributed by atoms with Crippen molar-refractivity contribution in [3.8, 4) is 0 Å². The third-order valence-electron chi connectivity index (χ3n) is 5.30. The number of aromatic nitrogens is 3. The van der Waals surface area contributed by atoms with Gasteiger partial charge >= 0.3 is 0 Å². The second-order valence-electron chi connectivity index (χ2n) is 6.90. The quantitative estimate of drug-likeness (QED) is 0.860. The largest absolute Gasteiger partial charge is 0.342 e. The lowest BCUT2D eigenvalue weighted by Crippen LogP contribution is -2.39. The molecule has 1 aliphatic heterocycles. The molecule has 1 aromatic carbocycles. The van der Waals surface area contributed by atoms with Crippen molar-refractivity contribution >= 4 is 17.5 Å². The molecule has 0 bridgehead atoms. The molecule has 24 heavy (non-hydrogen) atoms. The fourth-order valence-corrected chi connectivity index (χ4v) is 4.03. The van der Waals surface area contributed by atoms with E-state index >= 15 is 0 Å². The maximum atomic E-state index is 12.7. The summed E-state index contributed by atoms with van der Waals surface area (Å²) in [6.45, 7) is 1.63. The van der Waals surface area contributed by atoms with E-state index in [2.05, 4.69) is 16.3 Å². The van der Waals surface area contributed by atoms with Crippen LogP contribution in [-0.2, 0) is 11.8 Å². The Bertz CT molecular complexity index is 751. The third kappa shape index (κ3) is 2.93. The van der Waals surface area contributed by atoms with Crippen LogP contribution < -0.4 is 0 Å². The molecule has 6 heteroatoms. The highest BCUT2D eigenvalue weighted by Gasteiger charge is 2.46. The van der Waals surface area contributed by atoms with E-state index in [1.54, 1.807) is 6.33 Å². The zero-order valence-corrected chi connectivity index (χ0v) is 14.5. The Hall–Kier alpha value is -1.88. The number of hydrogen-bond donors (Lipinski definition) is 0. The Balaban J connectivity index is 1.35. The maximum Gasteiger partial charge on any atom is 0.226 e. The maximum absolute atomic E-state index is 12.7. The average Bonchev–Trinajstić information content (AvgIpc) is 3.29. The molecule has 2 fully saturated rings. The number of halogens is 1. The Morgan fingerprint density at radius 3 is 2.75 bits per heavy atom. The number of amides is 1. The van der Waals surface area contributed by atoms with Gasteiger partial charge in [-0.3, -0.25) is 4.79 Å². The molecule has 0 radical (unpaired) electrons. The van der Waals surface area contributed by atoms with Crippen LogP contribution in [0.3, 0.4) is 0 Å². The Labute approximate surface area is 146 Å². The fraction of sp³-hybridized carbons (Fsp3) is 0.500. The molecule has 2 aliphatic rings. The summed E-state index contributed by atoms with van der Waals surface area (Å²) in [5, 5.41) is 8.92. The smallest absolute Gasteiger partial charge is 0.226 e. The van der Waals surface area contributed by atoms with Crippen LogP contribution in [0.15, 0.2) is 30.6 Å². The first-order chi connectivity index (χ1) is 11.6. The number of benzene rings is 1. The molecule has 0 N–H and O–H groups in total. The molecule has 1 amide bonds. The van der Waals surface area contributed by atoms with E-state index in [1.165, 1.54) is 5.56 Å². The highest BCUT2D eigenvalue weighted by Crippen LogP contribution is 2.49. The summed E-state index contributed by atoms with van der Waals surface area (Å²) in [5.74, 6) is 2.22. The first-order valence-corrected chi connectivity index (χ1v) is 8.89. The predicted molar refractivity (Wildman–Crippen MR) is 91.9 cm³/mol. The lowest BCUT2D eigenvalue weighted by molar-refractivity contribution is -0.133. The minimum absolute atomic E-state index is 0.134. The van der Waals surface area contributed by atoms with Crippen molar-refractivity contribution in [3.63, 3.8) is 0 Å². The van der Waals surface area contributed by atoms with Crippen molar-refractivity contribution in [2.75, 3.05) is 13.1 Å². The molecular formula is C18H21ClN4O. The van der Waals surface area contributed by atoms with Crippen LogP contribution in [0.1, 0.15) is 42.5 Å². The predicted octanol–water partition coefficient (Wildman–Crippen LogP) is 2.98. The fourth-order valence-electron chi connectivity index (χ4n) is 3.83. The monoisotopic (exact) mass is 344 g/mol. The van der Waals surface area contributed by atoms with Crippen molar-refractivity contribution in [2.45, 2.75) is 31.1 Å². The summed E-state index contributed by atoms with van der Waals surface area (Å²) in [7, 11) is 1.98. The van der Waals surface area contributed by atoms with Crippen molar-refractivity contribution < 1.29 is 4.79 Å². The molecule has 1 aliphatic carbocycles. The number of nitrogens with zero attached hydrogens (tertiary/aromatic N) is 4. The second-order valence-corrected chi connectivity index (χ2v) is 7.34. The molecule has 0 spiro atoms. The number of carbonyl (C=O) groups excluding carboxylic acids is 1. The molecule has 1 saturated carbocycles. The van der Waals surface area contributed by atoms with Crippen molar-refractivity contribution in [1.82, 2.24) is 19.7 Å². The highest BCUT2D eigenvalue weighted by molar-refractivity contribution is 6.30. The first kappa shape index (κ1) is 15.6. The molecule has 1 aromatic heterocycles. The highest BCUT2D eigenvalue weighted by atomic mass is 35.5. The Kier molecular flexibility index (Phi) is 4.04. The van der Waals surface area contributed by atoms with Crippen molar-refractivity contribution in [1.29, 1.82) is 0 Å². The summed E-state index contributed by atoms with van der Waals surface area (Å²) in [5.41, 5.74) is 1.19. The van der Waals surface area contributed by atoms with Gasteiger partial charge in [0.05, 0.1) is 0 Å². The molecular weight excluding hydrogens is 324 g/mol. The zero-order valence-electron chi connectivity index (χ0n) is 13.7. The SMILES string of the molecule is Cn1cnnc1C1CCN(C(=O)[C@H]2C[C@H]2c2cccc(Cl)c2)CC1. The van der Waals surface area contributed by atoms with E-state index in [1.807, 2.05) is 34.7 Å². The summed E-state index contributed by atoms with van der Waals surface area (Å²) >= 11 is 6.06. The van der Waals surface area contributed by atoms with Crippen LogP contribution in [0.25, 0.3) is 0 Å². The number of aryl methyl sites for hydroxylation is 1. The number of piperidine rings is 1. The van der Waals surface area contributed by atoms with E-state index < -0.39 is 0 Å². The van der Waals surface area contributed by atoms with Crippen LogP contribution in [0.5, 0.6) is 0 Å². The van der Waals surface area contributed by atoms with E-state index in [0.717, 1.165) is 43.2 Å². The lowest BCUT2D eigenvalue weighted by atomic mass is 9.95. The summed E-state index contributed by atoms with van der Waals surface area (Å²) in [6, 6.07) is 7.90. The topological polar surface area (TPSA) is 51.0 Å². The van der Waals surface area contributed by atoms with Gasteiger partial charge in [-0.15, -0.1) is 10.2 Å². The minimum atomic E-state index is 0.134. The van der Waals surface area contributed by atoms with Gasteiger partial charge in [0.25, 0.3) is 0 Å². The molecule has 2 aromatic rings. The first-order valence-electron chi connectivity index (χ1n) is 8.51. The molecule has 0 unspecified atom stereocenters. The van der Waals surface area contributed by atoms with Gasteiger partial charge in [0.2, 0.25) is 5.91 Å². The summed E-state index contributed by atoms with van der Waals surface area (Å²) < 4.78 is 1.98. The molecule has 1 saturated heterocycles. The van der Waals surface area contributed by atoms with Crippen LogP contribution in [-0.4, -0.2) is 38.7 Å². The van der Waals surface area contributed by atoms with E-state index in [9.17, 15) is 4.79 Å². The third-order valence-corrected chi connectivity index (χ3v) is 5.54.